The molecule has 20 heavy (non-hydrogen) atoms. The highest BCUT2D eigenvalue weighted by atomic mass is 35.5. The fraction of sp³-hybridized carbons (Fsp3) is 0.571. The van der Waals surface area contributed by atoms with Crippen LogP contribution >= 0.6 is 12.4 Å². The van der Waals surface area contributed by atoms with E-state index in [2.05, 4.69) is 52.6 Å². The molecule has 0 saturated carbocycles. The van der Waals surface area contributed by atoms with E-state index in [0.29, 0.717) is 12.1 Å². The Morgan fingerprint density at radius 1 is 1.35 bits per heavy atom. The summed E-state index contributed by atoms with van der Waals surface area (Å²) >= 11 is 0. The highest BCUT2D eigenvalue weighted by molar-refractivity contribution is 5.85. The zero-order valence-electron chi connectivity index (χ0n) is 12.2. The Balaban J connectivity index is 0.00000147. The van der Waals surface area contributed by atoms with Crippen LogP contribution in [-0.2, 0) is 13.6 Å². The molecule has 1 saturated heterocycles. The highest BCUT2D eigenvalue weighted by Gasteiger charge is 2.22. The van der Waals surface area contributed by atoms with E-state index in [1.54, 1.807) is 0 Å². The van der Waals surface area contributed by atoms with E-state index in [0.717, 1.165) is 30.7 Å². The van der Waals surface area contributed by atoms with Crippen molar-refractivity contribution in [1.29, 1.82) is 0 Å². The maximum absolute atomic E-state index is 4.19. The van der Waals surface area contributed by atoms with E-state index < -0.39 is 0 Å². The van der Waals surface area contributed by atoms with Crippen LogP contribution < -0.4 is 5.32 Å². The number of rotatable bonds is 2. The first-order chi connectivity index (χ1) is 9.13. The van der Waals surface area contributed by atoms with Crippen molar-refractivity contribution in [1.82, 2.24) is 25.2 Å². The molecular weight excluding hydrogens is 274 g/mol. The molecule has 1 fully saturated rings. The molecule has 6 heteroatoms. The number of hydrogen-bond acceptors (Lipinski definition) is 4. The second kappa shape index (κ2) is 6.08. The molecule has 3 rings (SSSR count). The van der Waals surface area contributed by atoms with Gasteiger partial charge >= 0.3 is 0 Å². The number of aryl methyl sites for hydroxylation is 1. The molecule has 1 aromatic heterocycles. The van der Waals surface area contributed by atoms with Crippen LogP contribution in [0.1, 0.15) is 19.4 Å². The van der Waals surface area contributed by atoms with E-state index in [-0.39, 0.29) is 12.4 Å². The van der Waals surface area contributed by atoms with E-state index in [1.165, 1.54) is 5.56 Å². The van der Waals surface area contributed by atoms with Gasteiger partial charge in [0, 0.05) is 38.8 Å². The lowest BCUT2D eigenvalue weighted by atomic mass is 10.1. The zero-order valence-corrected chi connectivity index (χ0v) is 13.0. The third-order valence-electron chi connectivity index (χ3n) is 3.95. The van der Waals surface area contributed by atoms with Crippen LogP contribution in [-0.4, -0.2) is 45.1 Å². The third kappa shape index (κ3) is 2.95. The Morgan fingerprint density at radius 3 is 2.95 bits per heavy atom. The van der Waals surface area contributed by atoms with Gasteiger partial charge in [-0.15, -0.1) is 17.5 Å². The summed E-state index contributed by atoms with van der Waals surface area (Å²) in [4.78, 5) is 2.53. The Hall–Kier alpha value is -1.17. The van der Waals surface area contributed by atoms with Crippen molar-refractivity contribution in [2.75, 3.05) is 13.1 Å². The summed E-state index contributed by atoms with van der Waals surface area (Å²) in [6.07, 6.45) is 0. The van der Waals surface area contributed by atoms with Crippen molar-refractivity contribution in [3.05, 3.63) is 23.8 Å². The summed E-state index contributed by atoms with van der Waals surface area (Å²) in [7, 11) is 1.93. The molecule has 0 bridgehead atoms. The van der Waals surface area contributed by atoms with Crippen LogP contribution in [0.3, 0.4) is 0 Å². The summed E-state index contributed by atoms with van der Waals surface area (Å²) in [5.41, 5.74) is 3.38. The normalized spacial score (nSPS) is 23.8. The first-order valence-electron chi connectivity index (χ1n) is 6.89. The summed E-state index contributed by atoms with van der Waals surface area (Å²) in [6, 6.07) is 7.60. The number of fused-ring (bicyclic) bond motifs is 1. The zero-order chi connectivity index (χ0) is 13.4. The smallest absolute Gasteiger partial charge is 0.113 e. The second-order valence-electron chi connectivity index (χ2n) is 5.62. The number of benzene rings is 1. The summed E-state index contributed by atoms with van der Waals surface area (Å²) < 4.78 is 1.81. The van der Waals surface area contributed by atoms with Gasteiger partial charge in [-0.3, -0.25) is 4.90 Å². The molecule has 2 aromatic rings. The number of hydrogen-bond donors (Lipinski definition) is 1. The lowest BCUT2D eigenvalue weighted by Crippen LogP contribution is -2.53. The van der Waals surface area contributed by atoms with Crippen molar-refractivity contribution >= 4 is 23.4 Å². The van der Waals surface area contributed by atoms with Crippen molar-refractivity contribution in [3.8, 4) is 0 Å². The molecule has 0 aliphatic carbocycles. The molecule has 2 heterocycles. The van der Waals surface area contributed by atoms with E-state index in [4.69, 9.17) is 0 Å². The van der Waals surface area contributed by atoms with Gasteiger partial charge in [-0.2, -0.15) is 0 Å². The van der Waals surface area contributed by atoms with Gasteiger partial charge < -0.3 is 5.32 Å². The number of nitrogens with one attached hydrogen (secondary N) is 1. The molecule has 1 aliphatic heterocycles. The monoisotopic (exact) mass is 295 g/mol. The minimum Gasteiger partial charge on any atom is -0.311 e. The lowest BCUT2D eigenvalue weighted by molar-refractivity contribution is 0.139. The van der Waals surface area contributed by atoms with Crippen LogP contribution in [0.25, 0.3) is 11.0 Å². The van der Waals surface area contributed by atoms with Crippen molar-refractivity contribution < 1.29 is 0 Å². The average Bonchev–Trinajstić information content (AvgIpc) is 2.75. The first-order valence-corrected chi connectivity index (χ1v) is 6.89. The van der Waals surface area contributed by atoms with Crippen molar-refractivity contribution in [2.45, 2.75) is 32.5 Å². The SMILES string of the molecule is CC1CN(Cc2ccc3c(c2)nnn3C)C(C)CN1.Cl. The predicted molar refractivity (Wildman–Crippen MR) is 83.1 cm³/mol. The number of nitrogens with zero attached hydrogens (tertiary/aromatic N) is 4. The van der Waals surface area contributed by atoms with Gasteiger partial charge in [-0.1, -0.05) is 11.3 Å². The molecule has 1 N–H and O–H groups in total. The molecule has 0 radical (unpaired) electrons. The van der Waals surface area contributed by atoms with Crippen LogP contribution in [0.2, 0.25) is 0 Å². The predicted octanol–water partition coefficient (Wildman–Crippen LogP) is 1.57. The summed E-state index contributed by atoms with van der Waals surface area (Å²) in [5.74, 6) is 0. The number of piperazine rings is 1. The first kappa shape index (κ1) is 15.2. The molecule has 110 valence electrons. The summed E-state index contributed by atoms with van der Waals surface area (Å²) in [6.45, 7) is 7.67. The van der Waals surface area contributed by atoms with Gasteiger partial charge in [0.2, 0.25) is 0 Å². The van der Waals surface area contributed by atoms with E-state index >= 15 is 0 Å². The van der Waals surface area contributed by atoms with Crippen LogP contribution in [0.5, 0.6) is 0 Å². The van der Waals surface area contributed by atoms with E-state index in [1.807, 2.05) is 11.7 Å². The minimum absolute atomic E-state index is 0. The maximum atomic E-state index is 4.19. The molecule has 5 nitrogen and oxygen atoms in total. The number of halogens is 1. The second-order valence-corrected chi connectivity index (χ2v) is 5.62. The topological polar surface area (TPSA) is 46.0 Å². The van der Waals surface area contributed by atoms with Gasteiger partial charge in [0.05, 0.1) is 5.52 Å². The van der Waals surface area contributed by atoms with E-state index in [9.17, 15) is 0 Å². The molecule has 2 unspecified atom stereocenters. The fourth-order valence-electron chi connectivity index (χ4n) is 2.74. The van der Waals surface area contributed by atoms with Crippen LogP contribution in [0.15, 0.2) is 18.2 Å². The lowest BCUT2D eigenvalue weighted by Gasteiger charge is -2.37. The van der Waals surface area contributed by atoms with Gasteiger partial charge in [-0.25, -0.2) is 4.68 Å². The molecule has 0 spiro atoms. The quantitative estimate of drug-likeness (QED) is 0.914. The molecular formula is C14H22ClN5. The molecule has 0 amide bonds. The Labute approximate surface area is 125 Å². The van der Waals surface area contributed by atoms with Crippen LogP contribution in [0.4, 0.5) is 0 Å². The number of aromatic nitrogens is 3. The standard InChI is InChI=1S/C14H21N5.ClH/c1-10-8-19(11(2)7-15-10)9-12-4-5-14-13(6-12)16-17-18(14)3;/h4-6,10-11,15H,7-9H2,1-3H3;1H. The van der Waals surface area contributed by atoms with Crippen LogP contribution in [0, 0.1) is 0 Å². The van der Waals surface area contributed by atoms with Gasteiger partial charge in [0.15, 0.2) is 0 Å². The fourth-order valence-corrected chi connectivity index (χ4v) is 2.74. The summed E-state index contributed by atoms with van der Waals surface area (Å²) in [5, 5.41) is 11.8. The average molecular weight is 296 g/mol. The molecule has 1 aromatic carbocycles. The Kier molecular flexibility index (Phi) is 4.62. The molecule has 2 atom stereocenters. The third-order valence-corrected chi connectivity index (χ3v) is 3.95. The largest absolute Gasteiger partial charge is 0.311 e. The Bertz CT molecular complexity index is 582. The maximum Gasteiger partial charge on any atom is 0.113 e. The minimum atomic E-state index is 0. The van der Waals surface area contributed by atoms with Crippen molar-refractivity contribution in [2.24, 2.45) is 7.05 Å². The van der Waals surface area contributed by atoms with Gasteiger partial charge in [-0.05, 0) is 31.5 Å². The highest BCUT2D eigenvalue weighted by Crippen LogP contribution is 2.16. The Morgan fingerprint density at radius 2 is 2.15 bits per heavy atom. The van der Waals surface area contributed by atoms with Gasteiger partial charge in [0.1, 0.15) is 5.52 Å². The van der Waals surface area contributed by atoms with Gasteiger partial charge in [0.25, 0.3) is 0 Å². The van der Waals surface area contributed by atoms with Crippen molar-refractivity contribution in [3.63, 3.8) is 0 Å². The molecule has 1 aliphatic rings.